The highest BCUT2D eigenvalue weighted by Crippen LogP contribution is 2.27. The standard InChI is InChI=1S/C17H28N2O/c1-4-16(15-7-5-6-8-17(15)20-3)18-13-14-9-11-19(2)12-10-14/h5-8,14,16,18H,4,9-13H2,1-3H3. The Balaban J connectivity index is 1.92. The Kier molecular flexibility index (Phi) is 5.86. The highest BCUT2D eigenvalue weighted by atomic mass is 16.5. The van der Waals surface area contributed by atoms with Crippen LogP contribution < -0.4 is 10.1 Å². The van der Waals surface area contributed by atoms with E-state index in [-0.39, 0.29) is 0 Å². The molecule has 0 aromatic heterocycles. The van der Waals surface area contributed by atoms with Gasteiger partial charge in [0.2, 0.25) is 0 Å². The molecule has 0 radical (unpaired) electrons. The highest BCUT2D eigenvalue weighted by Gasteiger charge is 2.19. The maximum Gasteiger partial charge on any atom is 0.123 e. The molecule has 1 heterocycles. The number of methoxy groups -OCH3 is 1. The SMILES string of the molecule is CCC(NCC1CCN(C)CC1)c1ccccc1OC. The third kappa shape index (κ3) is 3.97. The van der Waals surface area contributed by atoms with E-state index in [1.54, 1.807) is 7.11 Å². The summed E-state index contributed by atoms with van der Waals surface area (Å²) in [6.45, 7) is 5.82. The number of ether oxygens (including phenoxy) is 1. The quantitative estimate of drug-likeness (QED) is 0.864. The number of nitrogens with one attached hydrogen (secondary N) is 1. The van der Waals surface area contributed by atoms with Crippen molar-refractivity contribution >= 4 is 0 Å². The number of hydrogen-bond donors (Lipinski definition) is 1. The first kappa shape index (κ1) is 15.3. The number of hydrogen-bond acceptors (Lipinski definition) is 3. The minimum Gasteiger partial charge on any atom is -0.496 e. The van der Waals surface area contributed by atoms with Crippen LogP contribution in [0.4, 0.5) is 0 Å². The van der Waals surface area contributed by atoms with Crippen LogP contribution in [0, 0.1) is 5.92 Å². The smallest absolute Gasteiger partial charge is 0.123 e. The topological polar surface area (TPSA) is 24.5 Å². The van der Waals surface area contributed by atoms with Crippen molar-refractivity contribution in [2.45, 2.75) is 32.2 Å². The minimum atomic E-state index is 0.394. The molecule has 20 heavy (non-hydrogen) atoms. The predicted molar refractivity (Wildman–Crippen MR) is 84.2 cm³/mol. The van der Waals surface area contributed by atoms with Crippen molar-refractivity contribution in [2.24, 2.45) is 5.92 Å². The molecule has 0 spiro atoms. The van der Waals surface area contributed by atoms with E-state index in [2.05, 4.69) is 42.4 Å². The molecule has 1 aromatic carbocycles. The van der Waals surface area contributed by atoms with Crippen LogP contribution in [0.3, 0.4) is 0 Å². The second-order valence-corrected chi connectivity index (χ2v) is 5.86. The molecule has 3 nitrogen and oxygen atoms in total. The van der Waals surface area contributed by atoms with Crippen LogP contribution in [0.25, 0.3) is 0 Å². The lowest BCUT2D eigenvalue weighted by molar-refractivity contribution is 0.212. The first-order valence-electron chi connectivity index (χ1n) is 7.79. The van der Waals surface area contributed by atoms with Gasteiger partial charge in [-0.3, -0.25) is 0 Å². The Morgan fingerprint density at radius 3 is 2.65 bits per heavy atom. The van der Waals surface area contributed by atoms with Gasteiger partial charge < -0.3 is 15.0 Å². The average Bonchev–Trinajstić information content (AvgIpc) is 2.50. The van der Waals surface area contributed by atoms with Gasteiger partial charge in [0.25, 0.3) is 0 Å². The summed E-state index contributed by atoms with van der Waals surface area (Å²) in [6, 6.07) is 8.75. The van der Waals surface area contributed by atoms with Gasteiger partial charge in [-0.1, -0.05) is 25.1 Å². The zero-order valence-corrected chi connectivity index (χ0v) is 13.1. The largest absolute Gasteiger partial charge is 0.496 e. The molecule has 1 unspecified atom stereocenters. The number of rotatable bonds is 6. The Morgan fingerprint density at radius 1 is 1.30 bits per heavy atom. The third-order valence-corrected chi connectivity index (χ3v) is 4.41. The number of likely N-dealkylation sites (tertiary alicyclic amines) is 1. The van der Waals surface area contributed by atoms with E-state index in [9.17, 15) is 0 Å². The molecule has 0 saturated carbocycles. The van der Waals surface area contributed by atoms with Gasteiger partial charge in [0.1, 0.15) is 5.75 Å². The summed E-state index contributed by atoms with van der Waals surface area (Å²) >= 11 is 0. The lowest BCUT2D eigenvalue weighted by atomic mass is 9.95. The molecule has 1 fully saturated rings. The van der Waals surface area contributed by atoms with Gasteiger partial charge in [-0.05, 0) is 57.9 Å². The molecular formula is C17H28N2O. The maximum atomic E-state index is 5.49. The van der Waals surface area contributed by atoms with E-state index in [0.29, 0.717) is 6.04 Å². The van der Waals surface area contributed by atoms with Crippen molar-refractivity contribution in [1.82, 2.24) is 10.2 Å². The normalized spacial score (nSPS) is 18.9. The van der Waals surface area contributed by atoms with E-state index in [4.69, 9.17) is 4.74 Å². The van der Waals surface area contributed by atoms with Crippen molar-refractivity contribution in [2.75, 3.05) is 33.8 Å². The summed E-state index contributed by atoms with van der Waals surface area (Å²) in [4.78, 5) is 2.42. The fourth-order valence-electron chi connectivity index (χ4n) is 3.00. The van der Waals surface area contributed by atoms with E-state index in [1.807, 2.05) is 6.07 Å². The average molecular weight is 276 g/mol. The zero-order valence-electron chi connectivity index (χ0n) is 13.1. The Labute approximate surface area is 123 Å². The molecule has 1 atom stereocenters. The van der Waals surface area contributed by atoms with Crippen LogP contribution in [0.2, 0.25) is 0 Å². The molecule has 3 heteroatoms. The number of nitrogens with zero attached hydrogens (tertiary/aromatic N) is 1. The van der Waals surface area contributed by atoms with Crippen molar-refractivity contribution in [1.29, 1.82) is 0 Å². The summed E-state index contributed by atoms with van der Waals surface area (Å²) < 4.78 is 5.49. The molecule has 1 aromatic rings. The summed E-state index contributed by atoms with van der Waals surface area (Å²) in [5, 5.41) is 3.75. The van der Waals surface area contributed by atoms with E-state index in [0.717, 1.165) is 24.6 Å². The monoisotopic (exact) mass is 276 g/mol. The fourth-order valence-corrected chi connectivity index (χ4v) is 3.00. The molecule has 0 amide bonds. The molecule has 112 valence electrons. The Morgan fingerprint density at radius 2 is 2.00 bits per heavy atom. The molecule has 0 aliphatic carbocycles. The lowest BCUT2D eigenvalue weighted by Crippen LogP contribution is -2.36. The molecule has 1 saturated heterocycles. The summed E-state index contributed by atoms with van der Waals surface area (Å²) in [7, 11) is 3.97. The van der Waals surface area contributed by atoms with Crippen molar-refractivity contribution in [3.05, 3.63) is 29.8 Å². The number of piperidine rings is 1. The lowest BCUT2D eigenvalue weighted by Gasteiger charge is -2.30. The first-order chi connectivity index (χ1) is 9.74. The van der Waals surface area contributed by atoms with Gasteiger partial charge in [0.05, 0.1) is 7.11 Å². The molecular weight excluding hydrogens is 248 g/mol. The Bertz CT molecular complexity index is 400. The second-order valence-electron chi connectivity index (χ2n) is 5.86. The van der Waals surface area contributed by atoms with Gasteiger partial charge in [-0.2, -0.15) is 0 Å². The van der Waals surface area contributed by atoms with Crippen LogP contribution in [0.1, 0.15) is 37.8 Å². The fraction of sp³-hybridized carbons (Fsp3) is 0.647. The number of para-hydroxylation sites is 1. The molecule has 1 aliphatic rings. The zero-order chi connectivity index (χ0) is 14.4. The first-order valence-corrected chi connectivity index (χ1v) is 7.79. The predicted octanol–water partition coefficient (Wildman–Crippen LogP) is 3.08. The van der Waals surface area contributed by atoms with E-state index >= 15 is 0 Å². The molecule has 1 N–H and O–H groups in total. The van der Waals surface area contributed by atoms with Crippen molar-refractivity contribution < 1.29 is 4.74 Å². The molecule has 0 bridgehead atoms. The van der Waals surface area contributed by atoms with Gasteiger partial charge >= 0.3 is 0 Å². The summed E-state index contributed by atoms with van der Waals surface area (Å²) in [5.74, 6) is 1.81. The van der Waals surface area contributed by atoms with E-state index in [1.165, 1.54) is 31.5 Å². The number of benzene rings is 1. The second kappa shape index (κ2) is 7.65. The van der Waals surface area contributed by atoms with Gasteiger partial charge in [-0.15, -0.1) is 0 Å². The third-order valence-electron chi connectivity index (χ3n) is 4.41. The molecule has 1 aliphatic heterocycles. The van der Waals surface area contributed by atoms with Crippen LogP contribution in [-0.2, 0) is 0 Å². The Hall–Kier alpha value is -1.06. The van der Waals surface area contributed by atoms with Gasteiger partial charge in [0, 0.05) is 11.6 Å². The van der Waals surface area contributed by atoms with Gasteiger partial charge in [0.15, 0.2) is 0 Å². The van der Waals surface area contributed by atoms with Crippen molar-refractivity contribution in [3.8, 4) is 5.75 Å². The molecule has 2 rings (SSSR count). The minimum absolute atomic E-state index is 0.394. The maximum absolute atomic E-state index is 5.49. The van der Waals surface area contributed by atoms with Crippen LogP contribution in [0.15, 0.2) is 24.3 Å². The van der Waals surface area contributed by atoms with E-state index < -0.39 is 0 Å². The van der Waals surface area contributed by atoms with Crippen LogP contribution in [-0.4, -0.2) is 38.7 Å². The van der Waals surface area contributed by atoms with Crippen LogP contribution in [0.5, 0.6) is 5.75 Å². The summed E-state index contributed by atoms with van der Waals surface area (Å²) in [5.41, 5.74) is 1.28. The highest BCUT2D eigenvalue weighted by molar-refractivity contribution is 5.35. The van der Waals surface area contributed by atoms with Gasteiger partial charge in [-0.25, -0.2) is 0 Å². The summed E-state index contributed by atoms with van der Waals surface area (Å²) in [6.07, 6.45) is 3.71. The van der Waals surface area contributed by atoms with Crippen molar-refractivity contribution in [3.63, 3.8) is 0 Å². The van der Waals surface area contributed by atoms with Crippen LogP contribution >= 0.6 is 0 Å².